The number of hydrogen-bond acceptors (Lipinski definition) is 3. The number of benzene rings is 1. The summed E-state index contributed by atoms with van der Waals surface area (Å²) in [6.45, 7) is 2.59. The maximum absolute atomic E-state index is 12.0. The lowest BCUT2D eigenvalue weighted by Crippen LogP contribution is -2.33. The zero-order valence-electron chi connectivity index (χ0n) is 14.4. The number of carbonyl (C=O) groups is 1. The molecule has 0 saturated carbocycles. The van der Waals surface area contributed by atoms with Gasteiger partial charge in [0, 0.05) is 32.4 Å². The number of likely N-dealkylation sites (tertiary alicyclic amines) is 1. The Morgan fingerprint density at radius 3 is 2.79 bits per heavy atom. The first-order valence-electron chi connectivity index (χ1n) is 8.45. The summed E-state index contributed by atoms with van der Waals surface area (Å²) in [6.07, 6.45) is 2.34. The van der Waals surface area contributed by atoms with Gasteiger partial charge in [0.1, 0.15) is 18.1 Å². The van der Waals surface area contributed by atoms with Crippen LogP contribution in [0.3, 0.4) is 0 Å². The number of carbonyl (C=O) groups excluding carboxylic acids is 1. The number of ether oxygens (including phenoxy) is 1. The summed E-state index contributed by atoms with van der Waals surface area (Å²) in [4.78, 5) is 19.2. The smallest absolute Gasteiger partial charge is 0.269 e. The number of aromatic nitrogens is 1. The minimum absolute atomic E-state index is 0.00614. The average Bonchev–Trinajstić information content (AvgIpc) is 3.23. The Balaban J connectivity index is 1.57. The van der Waals surface area contributed by atoms with Crippen molar-refractivity contribution < 1.29 is 9.53 Å². The Hall–Kier alpha value is -2.27. The molecule has 1 saturated heterocycles. The number of rotatable bonds is 6. The molecule has 1 aliphatic rings. The first-order chi connectivity index (χ1) is 11.6. The Bertz CT molecular complexity index is 666. The lowest BCUT2D eigenvalue weighted by molar-refractivity contribution is 0.0822. The summed E-state index contributed by atoms with van der Waals surface area (Å²) in [7, 11) is 3.53. The molecular formula is C19H25N3O2. The van der Waals surface area contributed by atoms with Crippen LogP contribution in [-0.2, 0) is 6.54 Å². The lowest BCUT2D eigenvalue weighted by atomic mass is 10.2. The largest absolute Gasteiger partial charge is 0.492 e. The van der Waals surface area contributed by atoms with Crippen LogP contribution in [0.25, 0.3) is 0 Å². The van der Waals surface area contributed by atoms with Crippen LogP contribution in [0.2, 0.25) is 0 Å². The van der Waals surface area contributed by atoms with E-state index in [9.17, 15) is 4.79 Å². The molecule has 1 fully saturated rings. The molecule has 1 atom stereocenters. The van der Waals surface area contributed by atoms with Crippen LogP contribution in [0.15, 0.2) is 42.5 Å². The number of aromatic amines is 1. The van der Waals surface area contributed by atoms with Crippen LogP contribution in [0.4, 0.5) is 0 Å². The van der Waals surface area contributed by atoms with E-state index in [1.165, 1.54) is 6.42 Å². The summed E-state index contributed by atoms with van der Waals surface area (Å²) in [5.41, 5.74) is 1.72. The Morgan fingerprint density at radius 1 is 1.25 bits per heavy atom. The Kier molecular flexibility index (Phi) is 5.20. The van der Waals surface area contributed by atoms with Gasteiger partial charge >= 0.3 is 0 Å². The molecule has 2 aromatic rings. The molecule has 1 aliphatic heterocycles. The molecule has 1 aromatic heterocycles. The topological polar surface area (TPSA) is 48.6 Å². The molecular weight excluding hydrogens is 302 g/mol. The summed E-state index contributed by atoms with van der Waals surface area (Å²) in [6, 6.07) is 14.2. The van der Waals surface area contributed by atoms with Gasteiger partial charge in [0.05, 0.1) is 0 Å². The predicted octanol–water partition coefficient (Wildman–Crippen LogP) is 2.76. The maximum atomic E-state index is 12.0. The average molecular weight is 327 g/mol. The van der Waals surface area contributed by atoms with E-state index in [2.05, 4.69) is 9.88 Å². The summed E-state index contributed by atoms with van der Waals surface area (Å²) >= 11 is 0. The molecule has 128 valence electrons. The summed E-state index contributed by atoms with van der Waals surface area (Å²) < 4.78 is 5.92. The van der Waals surface area contributed by atoms with E-state index in [4.69, 9.17) is 4.74 Å². The van der Waals surface area contributed by atoms with E-state index in [1.807, 2.05) is 42.5 Å². The van der Waals surface area contributed by atoms with Crippen LogP contribution < -0.4 is 4.74 Å². The van der Waals surface area contributed by atoms with Crippen molar-refractivity contribution in [1.29, 1.82) is 0 Å². The van der Waals surface area contributed by atoms with Gasteiger partial charge in [-0.3, -0.25) is 9.69 Å². The normalized spacial score (nSPS) is 17.8. The zero-order chi connectivity index (χ0) is 16.9. The molecule has 0 spiro atoms. The van der Waals surface area contributed by atoms with Gasteiger partial charge in [0.15, 0.2) is 0 Å². The van der Waals surface area contributed by atoms with Crippen LogP contribution in [0.1, 0.15) is 29.0 Å². The highest BCUT2D eigenvalue weighted by molar-refractivity contribution is 5.92. The van der Waals surface area contributed by atoms with E-state index in [0.29, 0.717) is 18.3 Å². The van der Waals surface area contributed by atoms with Gasteiger partial charge in [-0.25, -0.2) is 0 Å². The van der Waals surface area contributed by atoms with Gasteiger partial charge in [-0.05, 0) is 43.7 Å². The van der Waals surface area contributed by atoms with Crippen LogP contribution in [0, 0.1) is 0 Å². The molecule has 5 nitrogen and oxygen atoms in total. The van der Waals surface area contributed by atoms with Crippen LogP contribution in [-0.4, -0.2) is 54.0 Å². The number of hydrogen-bond donors (Lipinski definition) is 1. The Labute approximate surface area is 143 Å². The van der Waals surface area contributed by atoms with Gasteiger partial charge in [0.25, 0.3) is 5.91 Å². The predicted molar refractivity (Wildman–Crippen MR) is 94.2 cm³/mol. The third-order valence-electron chi connectivity index (χ3n) is 4.44. The number of amides is 1. The first kappa shape index (κ1) is 16.6. The third-order valence-corrected chi connectivity index (χ3v) is 4.44. The number of nitrogens with one attached hydrogen (secondary N) is 1. The van der Waals surface area contributed by atoms with Gasteiger partial charge in [-0.2, -0.15) is 0 Å². The maximum Gasteiger partial charge on any atom is 0.269 e. The lowest BCUT2D eigenvalue weighted by Gasteiger charge is -2.24. The number of nitrogens with zero attached hydrogens (tertiary/aromatic N) is 2. The van der Waals surface area contributed by atoms with E-state index in [-0.39, 0.29) is 5.91 Å². The van der Waals surface area contributed by atoms with Crippen molar-refractivity contribution in [2.75, 3.05) is 27.2 Å². The minimum Gasteiger partial charge on any atom is -0.492 e. The van der Waals surface area contributed by atoms with Crippen molar-refractivity contribution in [1.82, 2.24) is 14.8 Å². The van der Waals surface area contributed by atoms with Crippen molar-refractivity contribution >= 4 is 5.91 Å². The fourth-order valence-electron chi connectivity index (χ4n) is 3.12. The third kappa shape index (κ3) is 3.97. The van der Waals surface area contributed by atoms with E-state index >= 15 is 0 Å². The quantitative estimate of drug-likeness (QED) is 0.887. The zero-order valence-corrected chi connectivity index (χ0v) is 14.4. The molecule has 3 rings (SSSR count). The van der Waals surface area contributed by atoms with Crippen LogP contribution >= 0.6 is 0 Å². The van der Waals surface area contributed by atoms with Gasteiger partial charge in [-0.15, -0.1) is 0 Å². The van der Waals surface area contributed by atoms with Gasteiger partial charge in [0.2, 0.25) is 0 Å². The van der Waals surface area contributed by atoms with Crippen molar-refractivity contribution in [2.45, 2.75) is 25.4 Å². The van der Waals surface area contributed by atoms with E-state index < -0.39 is 0 Å². The highest BCUT2D eigenvalue weighted by Crippen LogP contribution is 2.21. The van der Waals surface area contributed by atoms with Gasteiger partial charge < -0.3 is 14.6 Å². The summed E-state index contributed by atoms with van der Waals surface area (Å²) in [5.74, 6) is 0.926. The molecule has 0 unspecified atom stereocenters. The van der Waals surface area contributed by atoms with Crippen molar-refractivity contribution in [3.05, 3.63) is 53.9 Å². The fourth-order valence-corrected chi connectivity index (χ4v) is 3.12. The molecule has 0 bridgehead atoms. The number of H-pyrrole nitrogens is 1. The van der Waals surface area contributed by atoms with Crippen molar-refractivity contribution in [3.63, 3.8) is 0 Å². The van der Waals surface area contributed by atoms with Crippen molar-refractivity contribution in [3.8, 4) is 5.75 Å². The molecule has 1 N–H and O–H groups in total. The molecule has 0 radical (unpaired) electrons. The fraction of sp³-hybridized carbons (Fsp3) is 0.421. The molecule has 0 aliphatic carbocycles. The second-order valence-electron chi connectivity index (χ2n) is 6.49. The second-order valence-corrected chi connectivity index (χ2v) is 6.49. The number of para-hydroxylation sites is 1. The highest BCUT2D eigenvalue weighted by atomic mass is 16.5. The van der Waals surface area contributed by atoms with Crippen LogP contribution in [0.5, 0.6) is 5.75 Å². The molecule has 1 aromatic carbocycles. The highest BCUT2D eigenvalue weighted by Gasteiger charge is 2.25. The van der Waals surface area contributed by atoms with E-state index in [1.54, 1.807) is 19.0 Å². The first-order valence-corrected chi connectivity index (χ1v) is 8.45. The summed E-state index contributed by atoms with van der Waals surface area (Å²) in [5, 5.41) is 0. The molecule has 1 amide bonds. The standard InChI is InChI=1S/C19H25N3O2/c1-21(2)19(23)18-11-10-15(20-18)13-22-12-6-7-16(22)14-24-17-8-4-3-5-9-17/h3-5,8-11,16,20H,6-7,12-14H2,1-2H3/t16-/m0/s1. The molecule has 2 heterocycles. The SMILES string of the molecule is CN(C)C(=O)c1ccc(CN2CCC[C@H]2COc2ccccc2)[nH]1. The minimum atomic E-state index is 0.00614. The van der Waals surface area contributed by atoms with Gasteiger partial charge in [-0.1, -0.05) is 18.2 Å². The van der Waals surface area contributed by atoms with E-state index in [0.717, 1.165) is 31.0 Å². The second kappa shape index (κ2) is 7.53. The van der Waals surface area contributed by atoms with Crippen molar-refractivity contribution in [2.24, 2.45) is 0 Å². The Morgan fingerprint density at radius 2 is 2.04 bits per heavy atom. The monoisotopic (exact) mass is 327 g/mol. The molecule has 24 heavy (non-hydrogen) atoms. The molecule has 5 heteroatoms.